The van der Waals surface area contributed by atoms with E-state index in [0.29, 0.717) is 6.61 Å². The third kappa shape index (κ3) is 3.24. The summed E-state index contributed by atoms with van der Waals surface area (Å²) in [5, 5.41) is 0.762. The van der Waals surface area contributed by atoms with Gasteiger partial charge in [-0.2, -0.15) is 0 Å². The molecule has 2 rings (SSSR count). The summed E-state index contributed by atoms with van der Waals surface area (Å²) in [7, 11) is 0. The van der Waals surface area contributed by atoms with Crippen molar-refractivity contribution in [2.24, 2.45) is 0 Å². The Morgan fingerprint density at radius 1 is 1.18 bits per heavy atom. The second-order valence-corrected chi connectivity index (χ2v) is 5.05. The average Bonchev–Trinajstić information content (AvgIpc) is 2.32. The van der Waals surface area contributed by atoms with E-state index in [1.807, 2.05) is 49.4 Å². The molecule has 0 fully saturated rings. The van der Waals surface area contributed by atoms with Crippen molar-refractivity contribution in [1.29, 1.82) is 0 Å². The molecule has 0 unspecified atom stereocenters. The molecule has 0 heterocycles. The Balaban J connectivity index is 2.08. The first-order valence-electron chi connectivity index (χ1n) is 5.29. The third-order valence-corrected chi connectivity index (χ3v) is 3.68. The van der Waals surface area contributed by atoms with E-state index in [-0.39, 0.29) is 0 Å². The van der Waals surface area contributed by atoms with E-state index in [4.69, 9.17) is 16.3 Å². The van der Waals surface area contributed by atoms with Crippen LogP contribution in [-0.4, -0.2) is 0 Å². The lowest BCUT2D eigenvalue weighted by Crippen LogP contribution is -1.96. The largest absolute Gasteiger partial charge is 0.489 e. The molecule has 0 aliphatic rings. The molecule has 2 aromatic carbocycles. The number of hydrogen-bond acceptors (Lipinski definition) is 1. The fourth-order valence-corrected chi connectivity index (χ4v) is 2.00. The van der Waals surface area contributed by atoms with Crippen LogP contribution in [0.15, 0.2) is 46.9 Å². The van der Waals surface area contributed by atoms with Crippen molar-refractivity contribution in [2.45, 2.75) is 13.5 Å². The highest BCUT2D eigenvalue weighted by atomic mass is 79.9. The van der Waals surface area contributed by atoms with Gasteiger partial charge in [-0.05, 0) is 36.8 Å². The van der Waals surface area contributed by atoms with Crippen LogP contribution in [0, 0.1) is 6.92 Å². The molecule has 0 bridgehead atoms. The van der Waals surface area contributed by atoms with Crippen LogP contribution in [0.25, 0.3) is 0 Å². The number of ether oxygens (including phenoxy) is 1. The lowest BCUT2D eigenvalue weighted by molar-refractivity contribution is 0.305. The van der Waals surface area contributed by atoms with Gasteiger partial charge in [-0.3, -0.25) is 0 Å². The highest BCUT2D eigenvalue weighted by Gasteiger charge is 2.01. The van der Waals surface area contributed by atoms with Crippen LogP contribution >= 0.6 is 27.5 Å². The third-order valence-electron chi connectivity index (χ3n) is 2.48. The topological polar surface area (TPSA) is 9.23 Å². The first-order valence-corrected chi connectivity index (χ1v) is 6.46. The molecule has 0 N–H and O–H groups in total. The summed E-state index contributed by atoms with van der Waals surface area (Å²) in [6.45, 7) is 2.51. The lowest BCUT2D eigenvalue weighted by Gasteiger charge is -2.09. The van der Waals surface area contributed by atoms with E-state index in [9.17, 15) is 0 Å². The Hall–Kier alpha value is -0.990. The standard InChI is InChI=1S/C14H12BrClO/c1-10-8-12(6-7-14(10)16)17-9-11-4-2-3-5-13(11)15/h2-8H,9H2,1H3. The summed E-state index contributed by atoms with van der Waals surface area (Å²) in [6.07, 6.45) is 0. The van der Waals surface area contributed by atoms with Crippen LogP contribution in [0.3, 0.4) is 0 Å². The minimum Gasteiger partial charge on any atom is -0.489 e. The van der Waals surface area contributed by atoms with Gasteiger partial charge in [0, 0.05) is 15.1 Å². The van der Waals surface area contributed by atoms with Crippen LogP contribution in [0.1, 0.15) is 11.1 Å². The summed E-state index contributed by atoms with van der Waals surface area (Å²) < 4.78 is 6.78. The summed E-state index contributed by atoms with van der Waals surface area (Å²) in [5.41, 5.74) is 2.15. The smallest absolute Gasteiger partial charge is 0.120 e. The van der Waals surface area contributed by atoms with Crippen molar-refractivity contribution in [3.8, 4) is 5.75 Å². The Labute approximate surface area is 115 Å². The highest BCUT2D eigenvalue weighted by Crippen LogP contribution is 2.23. The first kappa shape index (κ1) is 12.5. The molecular formula is C14H12BrClO. The molecule has 17 heavy (non-hydrogen) atoms. The van der Waals surface area contributed by atoms with Crippen molar-refractivity contribution >= 4 is 27.5 Å². The minimum absolute atomic E-state index is 0.544. The Kier molecular flexibility index (Phi) is 4.08. The Bertz CT molecular complexity index is 525. The maximum atomic E-state index is 5.96. The maximum Gasteiger partial charge on any atom is 0.120 e. The van der Waals surface area contributed by atoms with E-state index in [1.54, 1.807) is 0 Å². The number of hydrogen-bond donors (Lipinski definition) is 0. The predicted molar refractivity (Wildman–Crippen MR) is 74.7 cm³/mol. The quantitative estimate of drug-likeness (QED) is 0.776. The van der Waals surface area contributed by atoms with Crippen molar-refractivity contribution in [2.75, 3.05) is 0 Å². The van der Waals surface area contributed by atoms with Crippen molar-refractivity contribution in [3.05, 3.63) is 63.1 Å². The number of rotatable bonds is 3. The van der Waals surface area contributed by atoms with Crippen molar-refractivity contribution < 1.29 is 4.74 Å². The highest BCUT2D eigenvalue weighted by molar-refractivity contribution is 9.10. The predicted octanol–water partition coefficient (Wildman–Crippen LogP) is 4.99. The van der Waals surface area contributed by atoms with E-state index in [0.717, 1.165) is 26.4 Å². The molecule has 0 aromatic heterocycles. The van der Waals surface area contributed by atoms with Gasteiger partial charge in [0.05, 0.1) is 0 Å². The second-order valence-electron chi connectivity index (χ2n) is 3.79. The Morgan fingerprint density at radius 2 is 1.94 bits per heavy atom. The van der Waals surface area contributed by atoms with E-state index in [1.165, 1.54) is 0 Å². The fourth-order valence-electron chi connectivity index (χ4n) is 1.48. The zero-order valence-electron chi connectivity index (χ0n) is 9.41. The van der Waals surface area contributed by atoms with Crippen LogP contribution < -0.4 is 4.74 Å². The molecule has 88 valence electrons. The summed E-state index contributed by atoms with van der Waals surface area (Å²) in [4.78, 5) is 0. The molecule has 0 spiro atoms. The fraction of sp³-hybridized carbons (Fsp3) is 0.143. The van der Waals surface area contributed by atoms with Gasteiger partial charge in [0.15, 0.2) is 0 Å². The van der Waals surface area contributed by atoms with E-state index >= 15 is 0 Å². The first-order chi connectivity index (χ1) is 8.16. The van der Waals surface area contributed by atoms with E-state index in [2.05, 4.69) is 15.9 Å². The molecule has 3 heteroatoms. The van der Waals surface area contributed by atoms with Crippen LogP contribution in [0.5, 0.6) is 5.75 Å². The van der Waals surface area contributed by atoms with Crippen LogP contribution in [-0.2, 0) is 6.61 Å². The molecule has 0 amide bonds. The van der Waals surface area contributed by atoms with Gasteiger partial charge in [0.25, 0.3) is 0 Å². The molecule has 0 radical (unpaired) electrons. The molecule has 1 nitrogen and oxygen atoms in total. The van der Waals surface area contributed by atoms with Gasteiger partial charge < -0.3 is 4.74 Å². The molecule has 0 aliphatic carbocycles. The van der Waals surface area contributed by atoms with Gasteiger partial charge in [0.2, 0.25) is 0 Å². The normalized spacial score (nSPS) is 10.3. The van der Waals surface area contributed by atoms with Gasteiger partial charge in [-0.1, -0.05) is 45.7 Å². The number of benzene rings is 2. The minimum atomic E-state index is 0.544. The lowest BCUT2D eigenvalue weighted by atomic mass is 10.2. The Morgan fingerprint density at radius 3 is 2.65 bits per heavy atom. The van der Waals surface area contributed by atoms with Crippen LogP contribution in [0.4, 0.5) is 0 Å². The molecular weight excluding hydrogens is 300 g/mol. The molecule has 0 saturated carbocycles. The molecule has 0 saturated heterocycles. The molecule has 0 aliphatic heterocycles. The summed E-state index contributed by atoms with van der Waals surface area (Å²) in [5.74, 6) is 0.836. The SMILES string of the molecule is Cc1cc(OCc2ccccc2Br)ccc1Cl. The monoisotopic (exact) mass is 310 g/mol. The van der Waals surface area contributed by atoms with Gasteiger partial charge in [-0.15, -0.1) is 0 Å². The summed E-state index contributed by atoms with van der Waals surface area (Å²) in [6, 6.07) is 13.7. The molecule has 2 aromatic rings. The van der Waals surface area contributed by atoms with Crippen LogP contribution in [0.2, 0.25) is 5.02 Å². The number of aryl methyl sites for hydroxylation is 1. The zero-order valence-corrected chi connectivity index (χ0v) is 11.8. The summed E-state index contributed by atoms with van der Waals surface area (Å²) >= 11 is 9.45. The van der Waals surface area contributed by atoms with Crippen molar-refractivity contribution in [1.82, 2.24) is 0 Å². The van der Waals surface area contributed by atoms with Gasteiger partial charge in [0.1, 0.15) is 12.4 Å². The van der Waals surface area contributed by atoms with Gasteiger partial charge >= 0.3 is 0 Å². The number of halogens is 2. The van der Waals surface area contributed by atoms with E-state index < -0.39 is 0 Å². The van der Waals surface area contributed by atoms with Crippen molar-refractivity contribution in [3.63, 3.8) is 0 Å². The average molecular weight is 312 g/mol. The maximum absolute atomic E-state index is 5.96. The zero-order chi connectivity index (χ0) is 12.3. The van der Waals surface area contributed by atoms with Gasteiger partial charge in [-0.25, -0.2) is 0 Å². The molecule has 0 atom stereocenters. The second kappa shape index (κ2) is 5.56.